The van der Waals surface area contributed by atoms with Crippen LogP contribution < -0.4 is 5.32 Å². The summed E-state index contributed by atoms with van der Waals surface area (Å²) in [5.74, 6) is -1.77. The molecular formula is C19H35NO6. The first-order chi connectivity index (χ1) is 11.9. The molecule has 0 bridgehead atoms. The first-order valence-corrected chi connectivity index (χ1v) is 9.31. The summed E-state index contributed by atoms with van der Waals surface area (Å²) in [7, 11) is 0. The van der Waals surface area contributed by atoms with E-state index in [4.69, 9.17) is 9.47 Å². The van der Waals surface area contributed by atoms with Gasteiger partial charge in [-0.05, 0) is 19.3 Å². The average molecular weight is 373 g/mol. The third kappa shape index (κ3) is 9.63. The third-order valence-electron chi connectivity index (χ3n) is 4.00. The average Bonchev–Trinajstić information content (AvgIpc) is 2.44. The molecule has 1 unspecified atom stereocenters. The van der Waals surface area contributed by atoms with Crippen molar-refractivity contribution >= 4 is 18.0 Å². The van der Waals surface area contributed by atoms with Crippen LogP contribution in [0.1, 0.15) is 74.1 Å². The number of aliphatic carboxylic acids is 1. The zero-order valence-corrected chi connectivity index (χ0v) is 17.1. The molecule has 2 N–H and O–H groups in total. The van der Waals surface area contributed by atoms with Gasteiger partial charge in [-0.25, -0.2) is 4.79 Å². The monoisotopic (exact) mass is 373 g/mol. The maximum Gasteiger partial charge on any atom is 0.410 e. The van der Waals surface area contributed by atoms with Gasteiger partial charge in [0.2, 0.25) is 0 Å². The van der Waals surface area contributed by atoms with Crippen molar-refractivity contribution in [2.45, 2.75) is 86.0 Å². The lowest BCUT2D eigenvalue weighted by Gasteiger charge is -2.32. The number of carboxylic acids is 1. The number of rotatable bonds is 11. The smallest absolute Gasteiger partial charge is 0.410 e. The topological polar surface area (TPSA) is 102 Å². The molecule has 0 saturated carbocycles. The highest BCUT2D eigenvalue weighted by atomic mass is 16.7. The molecule has 0 rings (SSSR count). The molecule has 0 fully saturated rings. The Morgan fingerprint density at radius 1 is 1.08 bits per heavy atom. The lowest BCUT2D eigenvalue weighted by atomic mass is 9.85. The van der Waals surface area contributed by atoms with Gasteiger partial charge in [0.15, 0.2) is 0 Å². The van der Waals surface area contributed by atoms with E-state index in [-0.39, 0.29) is 24.2 Å². The van der Waals surface area contributed by atoms with Crippen molar-refractivity contribution in [3.63, 3.8) is 0 Å². The van der Waals surface area contributed by atoms with E-state index in [9.17, 15) is 19.5 Å². The molecular weight excluding hydrogens is 338 g/mol. The molecule has 0 saturated heterocycles. The summed E-state index contributed by atoms with van der Waals surface area (Å²) >= 11 is 0. The van der Waals surface area contributed by atoms with Crippen molar-refractivity contribution in [3.05, 3.63) is 0 Å². The van der Waals surface area contributed by atoms with Gasteiger partial charge in [-0.2, -0.15) is 0 Å². The van der Waals surface area contributed by atoms with Crippen LogP contribution in [0.15, 0.2) is 0 Å². The van der Waals surface area contributed by atoms with Crippen molar-refractivity contribution in [3.8, 4) is 0 Å². The zero-order valence-electron chi connectivity index (χ0n) is 17.1. The van der Waals surface area contributed by atoms with E-state index in [0.29, 0.717) is 6.42 Å². The number of amides is 1. The summed E-state index contributed by atoms with van der Waals surface area (Å²) in [5, 5.41) is 11.9. The maximum atomic E-state index is 12.3. The zero-order chi connectivity index (χ0) is 20.5. The number of nitrogens with one attached hydrogen (secondary N) is 1. The Bertz CT molecular complexity index is 477. The SMILES string of the molecule is CCCC(C)C[C@](C)(CC(=O)O)NC(=O)O[C@H](OC(=O)C(C)C)C(C)C. The highest BCUT2D eigenvalue weighted by Gasteiger charge is 2.33. The van der Waals surface area contributed by atoms with Crippen molar-refractivity contribution in [1.82, 2.24) is 5.32 Å². The fourth-order valence-corrected chi connectivity index (χ4v) is 2.79. The molecule has 7 heteroatoms. The van der Waals surface area contributed by atoms with Crippen LogP contribution in [0.5, 0.6) is 0 Å². The van der Waals surface area contributed by atoms with Gasteiger partial charge < -0.3 is 19.9 Å². The Balaban J connectivity index is 5.04. The number of carboxylic acid groups (broad SMARTS) is 1. The predicted octanol–water partition coefficient (Wildman–Crippen LogP) is 3.95. The molecule has 0 aliphatic carbocycles. The van der Waals surface area contributed by atoms with Crippen LogP contribution in [0.25, 0.3) is 0 Å². The van der Waals surface area contributed by atoms with Crippen LogP contribution in [-0.2, 0) is 19.1 Å². The largest absolute Gasteiger partial charge is 0.481 e. The van der Waals surface area contributed by atoms with Crippen LogP contribution >= 0.6 is 0 Å². The summed E-state index contributed by atoms with van der Waals surface area (Å²) in [6, 6.07) is 0. The molecule has 0 heterocycles. The van der Waals surface area contributed by atoms with Crippen LogP contribution in [0.3, 0.4) is 0 Å². The number of alkyl carbamates (subject to hydrolysis) is 1. The Labute approximate surface area is 156 Å². The first kappa shape index (κ1) is 24.2. The fraction of sp³-hybridized carbons (Fsp3) is 0.842. The van der Waals surface area contributed by atoms with Crippen LogP contribution in [0, 0.1) is 17.8 Å². The first-order valence-electron chi connectivity index (χ1n) is 9.31. The van der Waals surface area contributed by atoms with Gasteiger partial charge in [-0.3, -0.25) is 9.59 Å². The standard InChI is InChI=1S/C19H35NO6/c1-8-9-14(6)10-19(7,11-15(21)22)20-18(24)26-17(13(4)5)25-16(23)12(2)3/h12-14,17H,8-11H2,1-7H3,(H,20,24)(H,21,22)/t14?,17-,19+/m0/s1. The lowest BCUT2D eigenvalue weighted by molar-refractivity contribution is -0.178. The minimum absolute atomic E-state index is 0.214. The molecule has 152 valence electrons. The second kappa shape index (κ2) is 11.0. The second-order valence-corrected chi connectivity index (χ2v) is 7.96. The molecule has 0 radical (unpaired) electrons. The summed E-state index contributed by atoms with van der Waals surface area (Å²) in [5.41, 5.74) is -0.943. The Kier molecular flexibility index (Phi) is 10.3. The quantitative estimate of drug-likeness (QED) is 0.420. The minimum Gasteiger partial charge on any atom is -0.481 e. The molecule has 0 spiro atoms. The molecule has 0 aromatic rings. The third-order valence-corrected chi connectivity index (χ3v) is 4.00. The molecule has 0 aromatic heterocycles. The highest BCUT2D eigenvalue weighted by Crippen LogP contribution is 2.24. The van der Waals surface area contributed by atoms with E-state index in [1.54, 1.807) is 34.6 Å². The molecule has 7 nitrogen and oxygen atoms in total. The number of hydrogen-bond acceptors (Lipinski definition) is 5. The van der Waals surface area contributed by atoms with Crippen molar-refractivity contribution < 1.29 is 29.0 Å². The molecule has 1 amide bonds. The fourth-order valence-electron chi connectivity index (χ4n) is 2.79. The van der Waals surface area contributed by atoms with E-state index in [0.717, 1.165) is 12.8 Å². The van der Waals surface area contributed by atoms with Crippen LogP contribution in [0.4, 0.5) is 4.79 Å². The van der Waals surface area contributed by atoms with Crippen LogP contribution in [0.2, 0.25) is 0 Å². The highest BCUT2D eigenvalue weighted by molar-refractivity contribution is 5.73. The van der Waals surface area contributed by atoms with E-state index >= 15 is 0 Å². The normalized spacial score (nSPS) is 15.9. The van der Waals surface area contributed by atoms with Crippen molar-refractivity contribution in [2.75, 3.05) is 0 Å². The van der Waals surface area contributed by atoms with E-state index in [1.165, 1.54) is 0 Å². The van der Waals surface area contributed by atoms with E-state index < -0.39 is 29.9 Å². The van der Waals surface area contributed by atoms with E-state index in [1.807, 2.05) is 6.92 Å². The number of carbonyl (C=O) groups excluding carboxylic acids is 2. The Hall–Kier alpha value is -1.79. The Morgan fingerprint density at radius 2 is 1.65 bits per heavy atom. The van der Waals surface area contributed by atoms with Crippen molar-refractivity contribution in [1.29, 1.82) is 0 Å². The molecule has 0 aliphatic rings. The Morgan fingerprint density at radius 3 is 2.08 bits per heavy atom. The van der Waals surface area contributed by atoms with Gasteiger partial charge >= 0.3 is 18.0 Å². The van der Waals surface area contributed by atoms with E-state index in [2.05, 4.69) is 12.2 Å². The molecule has 0 aliphatic heterocycles. The second-order valence-electron chi connectivity index (χ2n) is 7.96. The maximum absolute atomic E-state index is 12.3. The molecule has 0 aromatic carbocycles. The number of carbonyl (C=O) groups is 3. The van der Waals surface area contributed by atoms with Gasteiger partial charge in [-0.1, -0.05) is 54.4 Å². The van der Waals surface area contributed by atoms with Crippen molar-refractivity contribution in [2.24, 2.45) is 17.8 Å². The summed E-state index contributed by atoms with van der Waals surface area (Å²) in [6.07, 6.45) is 0.413. The molecule has 26 heavy (non-hydrogen) atoms. The molecule has 3 atom stereocenters. The van der Waals surface area contributed by atoms with Crippen LogP contribution in [-0.4, -0.2) is 35.0 Å². The van der Waals surface area contributed by atoms with Gasteiger partial charge in [0.25, 0.3) is 6.29 Å². The minimum atomic E-state index is -1.02. The summed E-state index contributed by atoms with van der Waals surface area (Å²) in [4.78, 5) is 35.3. The van der Waals surface area contributed by atoms with Gasteiger partial charge in [0, 0.05) is 5.92 Å². The lowest BCUT2D eigenvalue weighted by Crippen LogP contribution is -2.50. The number of hydrogen-bond donors (Lipinski definition) is 2. The summed E-state index contributed by atoms with van der Waals surface area (Å²) < 4.78 is 10.5. The van der Waals surface area contributed by atoms with Gasteiger partial charge in [0.05, 0.1) is 17.9 Å². The summed E-state index contributed by atoms with van der Waals surface area (Å²) in [6.45, 7) is 12.7. The van der Waals surface area contributed by atoms with Gasteiger partial charge in [-0.15, -0.1) is 0 Å². The number of ether oxygens (including phenoxy) is 2. The predicted molar refractivity (Wildman–Crippen MR) is 98.5 cm³/mol. The van der Waals surface area contributed by atoms with Gasteiger partial charge in [0.1, 0.15) is 0 Å². The number of esters is 1.